The summed E-state index contributed by atoms with van der Waals surface area (Å²) in [5, 5.41) is 0. The van der Waals surface area contributed by atoms with Gasteiger partial charge in [-0.2, -0.15) is 0 Å². The number of allylic oxidation sites excluding steroid dienone is 1. The molecule has 2 aliphatic heterocycles. The largest absolute Gasteiger partial charge is 0.496 e. The molecule has 1 saturated heterocycles. The van der Waals surface area contributed by atoms with E-state index in [1.165, 1.54) is 19.3 Å². The summed E-state index contributed by atoms with van der Waals surface area (Å²) in [6, 6.07) is 0. The zero-order valence-corrected chi connectivity index (χ0v) is 11.1. The van der Waals surface area contributed by atoms with E-state index in [9.17, 15) is 4.79 Å². The molecule has 0 N–H and O–H groups in total. The van der Waals surface area contributed by atoms with E-state index in [2.05, 4.69) is 4.90 Å². The number of carbonyl (C=O) groups excluding carboxylic acids is 1. The predicted octanol–water partition coefficient (Wildman–Crippen LogP) is 2.24. The van der Waals surface area contributed by atoms with Crippen molar-refractivity contribution < 1.29 is 9.53 Å². The van der Waals surface area contributed by atoms with Crippen LogP contribution in [0.5, 0.6) is 0 Å². The number of carbonyl (C=O) groups is 1. The number of hydrogen-bond acceptors (Lipinski definition) is 3. The normalized spacial score (nSPS) is 32.6. The lowest BCUT2D eigenvalue weighted by Crippen LogP contribution is -2.31. The minimum atomic E-state index is 0.210. The maximum absolute atomic E-state index is 12.4. The monoisotopic (exact) mass is 253 g/mol. The molecule has 1 saturated carbocycles. The first-order chi connectivity index (χ1) is 8.25. The standard InChI is InChI=1S/C13H19NO2S/c1-9-12(17-6-5-16-9)13(15)14-7-10-3-2-4-11(10)8-14/h10-11H,2-8H2,1H3/t10-,11-/m0/s1. The molecule has 0 aromatic rings. The van der Waals surface area contributed by atoms with Crippen molar-refractivity contribution in [2.24, 2.45) is 11.8 Å². The van der Waals surface area contributed by atoms with E-state index in [0.717, 1.165) is 47.9 Å². The lowest BCUT2D eigenvalue weighted by Gasteiger charge is -2.23. The number of hydrogen-bond donors (Lipinski definition) is 0. The fourth-order valence-electron chi connectivity index (χ4n) is 3.26. The van der Waals surface area contributed by atoms with Crippen molar-refractivity contribution in [3.8, 4) is 0 Å². The van der Waals surface area contributed by atoms with Crippen molar-refractivity contribution in [3.63, 3.8) is 0 Å². The van der Waals surface area contributed by atoms with Crippen LogP contribution >= 0.6 is 11.8 Å². The van der Waals surface area contributed by atoms with Gasteiger partial charge in [-0.15, -0.1) is 11.8 Å². The van der Waals surface area contributed by atoms with Crippen molar-refractivity contribution in [1.82, 2.24) is 4.90 Å². The van der Waals surface area contributed by atoms with Gasteiger partial charge in [0, 0.05) is 18.8 Å². The number of likely N-dealkylation sites (tertiary alicyclic amines) is 1. The number of rotatable bonds is 1. The molecule has 0 unspecified atom stereocenters. The van der Waals surface area contributed by atoms with Crippen LogP contribution in [0.25, 0.3) is 0 Å². The smallest absolute Gasteiger partial charge is 0.263 e. The highest BCUT2D eigenvalue weighted by atomic mass is 32.2. The molecule has 0 aromatic heterocycles. The summed E-state index contributed by atoms with van der Waals surface area (Å²) in [6.07, 6.45) is 3.99. The van der Waals surface area contributed by atoms with Gasteiger partial charge in [0.25, 0.3) is 5.91 Å². The second-order valence-corrected chi connectivity index (χ2v) is 6.35. The summed E-state index contributed by atoms with van der Waals surface area (Å²) < 4.78 is 5.48. The average molecular weight is 253 g/mol. The Hall–Kier alpha value is -0.640. The van der Waals surface area contributed by atoms with Crippen LogP contribution in [0.15, 0.2) is 10.7 Å². The number of nitrogens with zero attached hydrogens (tertiary/aromatic N) is 1. The quantitative estimate of drug-likeness (QED) is 0.718. The minimum Gasteiger partial charge on any atom is -0.496 e. The first kappa shape index (κ1) is 11.5. The maximum atomic E-state index is 12.4. The summed E-state index contributed by atoms with van der Waals surface area (Å²) in [6.45, 7) is 4.59. The van der Waals surface area contributed by atoms with E-state index >= 15 is 0 Å². The number of thioether (sulfide) groups is 1. The first-order valence-electron chi connectivity index (χ1n) is 6.51. The molecule has 1 aliphatic carbocycles. The Morgan fingerprint density at radius 2 is 2.06 bits per heavy atom. The molecule has 94 valence electrons. The molecule has 0 bridgehead atoms. The Bertz CT molecular complexity index is 354. The Balaban J connectivity index is 1.71. The zero-order valence-electron chi connectivity index (χ0n) is 10.3. The van der Waals surface area contributed by atoms with Gasteiger partial charge in [-0.3, -0.25) is 4.79 Å². The number of amides is 1. The first-order valence-corrected chi connectivity index (χ1v) is 7.50. The molecule has 0 radical (unpaired) electrons. The van der Waals surface area contributed by atoms with Crippen LogP contribution in [0, 0.1) is 11.8 Å². The van der Waals surface area contributed by atoms with Crippen LogP contribution in [0.3, 0.4) is 0 Å². The molecule has 2 fully saturated rings. The van der Waals surface area contributed by atoms with Gasteiger partial charge in [0.15, 0.2) is 0 Å². The Labute approximate surface area is 107 Å². The summed E-state index contributed by atoms with van der Waals surface area (Å²) >= 11 is 1.66. The van der Waals surface area contributed by atoms with Gasteiger partial charge in [0.05, 0.1) is 6.61 Å². The summed E-state index contributed by atoms with van der Waals surface area (Å²) in [7, 11) is 0. The van der Waals surface area contributed by atoms with Crippen LogP contribution in [-0.4, -0.2) is 36.3 Å². The molecule has 3 rings (SSSR count). The second-order valence-electron chi connectivity index (χ2n) is 5.24. The fourth-order valence-corrected chi connectivity index (χ4v) is 4.15. The second kappa shape index (κ2) is 4.56. The maximum Gasteiger partial charge on any atom is 0.263 e. The Morgan fingerprint density at radius 3 is 2.71 bits per heavy atom. The molecule has 3 nitrogen and oxygen atoms in total. The molecular formula is C13H19NO2S. The molecule has 4 heteroatoms. The van der Waals surface area contributed by atoms with E-state index < -0.39 is 0 Å². The van der Waals surface area contributed by atoms with E-state index in [1.54, 1.807) is 11.8 Å². The van der Waals surface area contributed by atoms with Crippen molar-refractivity contribution in [1.29, 1.82) is 0 Å². The zero-order chi connectivity index (χ0) is 11.8. The lowest BCUT2D eigenvalue weighted by molar-refractivity contribution is -0.125. The SMILES string of the molecule is CC1=C(C(=O)N2C[C@@H]3CCC[C@H]3C2)SCCO1. The van der Waals surface area contributed by atoms with Crippen LogP contribution in [0.1, 0.15) is 26.2 Å². The van der Waals surface area contributed by atoms with E-state index in [0.29, 0.717) is 0 Å². The molecule has 0 aromatic carbocycles. The average Bonchev–Trinajstić information content (AvgIpc) is 2.88. The molecule has 1 amide bonds. The summed E-state index contributed by atoms with van der Waals surface area (Å²) in [4.78, 5) is 15.3. The van der Waals surface area contributed by atoms with Crippen molar-refractivity contribution in [2.75, 3.05) is 25.4 Å². The third-order valence-corrected chi connectivity index (χ3v) is 5.30. The minimum absolute atomic E-state index is 0.210. The van der Waals surface area contributed by atoms with Gasteiger partial charge >= 0.3 is 0 Å². The summed E-state index contributed by atoms with van der Waals surface area (Å²) in [5.74, 6) is 3.48. The van der Waals surface area contributed by atoms with Crippen molar-refractivity contribution in [2.45, 2.75) is 26.2 Å². The van der Waals surface area contributed by atoms with E-state index in [-0.39, 0.29) is 5.91 Å². The van der Waals surface area contributed by atoms with Crippen LogP contribution in [-0.2, 0) is 9.53 Å². The van der Waals surface area contributed by atoms with Crippen LogP contribution < -0.4 is 0 Å². The van der Waals surface area contributed by atoms with Crippen LogP contribution in [0.4, 0.5) is 0 Å². The topological polar surface area (TPSA) is 29.5 Å². The van der Waals surface area contributed by atoms with Gasteiger partial charge in [-0.05, 0) is 31.6 Å². The molecule has 3 aliphatic rings. The summed E-state index contributed by atoms with van der Waals surface area (Å²) in [5.41, 5.74) is 0. The highest BCUT2D eigenvalue weighted by Crippen LogP contribution is 2.39. The van der Waals surface area contributed by atoms with Gasteiger partial charge in [-0.1, -0.05) is 6.42 Å². The molecule has 17 heavy (non-hydrogen) atoms. The van der Waals surface area contributed by atoms with Gasteiger partial charge in [0.2, 0.25) is 0 Å². The van der Waals surface area contributed by atoms with Gasteiger partial charge in [0.1, 0.15) is 10.7 Å². The molecular weight excluding hydrogens is 234 g/mol. The van der Waals surface area contributed by atoms with E-state index in [4.69, 9.17) is 4.74 Å². The van der Waals surface area contributed by atoms with Crippen molar-refractivity contribution in [3.05, 3.63) is 10.7 Å². The highest BCUT2D eigenvalue weighted by molar-refractivity contribution is 8.04. The number of ether oxygens (including phenoxy) is 1. The number of fused-ring (bicyclic) bond motifs is 1. The van der Waals surface area contributed by atoms with Crippen molar-refractivity contribution >= 4 is 17.7 Å². The third kappa shape index (κ3) is 2.07. The fraction of sp³-hybridized carbons (Fsp3) is 0.769. The van der Waals surface area contributed by atoms with Crippen LogP contribution in [0.2, 0.25) is 0 Å². The molecule has 0 spiro atoms. The Morgan fingerprint density at radius 1 is 1.35 bits per heavy atom. The van der Waals surface area contributed by atoms with Gasteiger partial charge < -0.3 is 9.64 Å². The molecule has 2 heterocycles. The Kier molecular flexibility index (Phi) is 3.07. The third-order valence-electron chi connectivity index (χ3n) is 4.18. The highest BCUT2D eigenvalue weighted by Gasteiger charge is 2.39. The van der Waals surface area contributed by atoms with Gasteiger partial charge in [-0.25, -0.2) is 0 Å². The molecule has 2 atom stereocenters. The predicted molar refractivity (Wildman–Crippen MR) is 68.5 cm³/mol. The van der Waals surface area contributed by atoms with E-state index in [1.807, 2.05) is 6.92 Å². The lowest BCUT2D eigenvalue weighted by atomic mass is 10.0.